The Labute approximate surface area is 110 Å². The van der Waals surface area contributed by atoms with E-state index >= 15 is 0 Å². The third-order valence-corrected chi connectivity index (χ3v) is 2.52. The Bertz CT molecular complexity index is 30.2. The predicted octanol–water partition coefficient (Wildman–Crippen LogP) is 2.75. The van der Waals surface area contributed by atoms with Gasteiger partial charge in [0.1, 0.15) is 0 Å². The second-order valence-corrected chi connectivity index (χ2v) is 4.27. The molecule has 0 aliphatic heterocycles. The molecule has 0 saturated carbocycles. The monoisotopic (exact) mass is 160 g/mol. The molecule has 0 aliphatic rings. The number of unbranched alkanes of at least 4 members (excludes halogenated alkanes) is 2. The summed E-state index contributed by atoms with van der Waals surface area (Å²) in [7, 11) is 0. The van der Waals surface area contributed by atoms with E-state index in [9.17, 15) is 0 Å². The molecule has 0 saturated heterocycles. The number of rotatable bonds is 4. The van der Waals surface area contributed by atoms with Gasteiger partial charge in [0, 0.05) is 0 Å². The molecule has 0 aromatic heterocycles. The van der Waals surface area contributed by atoms with Gasteiger partial charge in [0.15, 0.2) is 0 Å². The van der Waals surface area contributed by atoms with Gasteiger partial charge in [-0.25, -0.2) is 0 Å². The van der Waals surface area contributed by atoms with Crippen LogP contribution in [-0.4, -0.2) is 66.7 Å². The van der Waals surface area contributed by atoms with Crippen LogP contribution >= 0.6 is 0 Å². The molecule has 0 spiro atoms. The van der Waals surface area contributed by atoms with Gasteiger partial charge < -0.3 is 0 Å². The fraction of sp³-hybridized carbons (Fsp3) is 1.00. The maximum absolute atomic E-state index is 2.24. The van der Waals surface area contributed by atoms with Crippen molar-refractivity contribution in [1.82, 2.24) is 0 Å². The molecule has 0 amide bonds. The summed E-state index contributed by atoms with van der Waals surface area (Å²) in [4.78, 5) is 0. The summed E-state index contributed by atoms with van der Waals surface area (Å²) >= 11 is 3.33. The van der Waals surface area contributed by atoms with E-state index < -0.39 is 0 Å². The van der Waals surface area contributed by atoms with Crippen molar-refractivity contribution in [3.05, 3.63) is 0 Å². The molecule has 0 fully saturated rings. The average molecular weight is 160 g/mol. The predicted molar refractivity (Wildman–Crippen MR) is 50.9 cm³/mol. The normalized spacial score (nSPS) is 8.60. The summed E-state index contributed by atoms with van der Waals surface area (Å²) < 4.78 is 1.53. The molecule has 0 rings (SSSR count). The fourth-order valence-corrected chi connectivity index (χ4v) is 1.81. The van der Waals surface area contributed by atoms with Gasteiger partial charge in [0.2, 0.25) is 0 Å². The average Bonchev–Trinajstić information content (AvgIpc) is 1.93. The minimum absolute atomic E-state index is 1.11. The molecule has 10 heavy (non-hydrogen) atoms. The zero-order valence-corrected chi connectivity index (χ0v) is 11.4. The molecule has 0 aromatic carbocycles. The van der Waals surface area contributed by atoms with Crippen LogP contribution in [0.1, 0.15) is 39.5 Å². The van der Waals surface area contributed by atoms with Gasteiger partial charge in [-0.3, -0.25) is 0 Å². The van der Waals surface area contributed by atoms with E-state index in [4.69, 9.17) is 0 Å². The van der Waals surface area contributed by atoms with Crippen LogP contribution in [0.2, 0.25) is 5.61 Å². The van der Waals surface area contributed by atoms with Crippen molar-refractivity contribution in [1.29, 1.82) is 0 Å². The molecular formula is C8H18KLi. The molecule has 52 valence electrons. The van der Waals surface area contributed by atoms with Gasteiger partial charge in [0.25, 0.3) is 0 Å². The van der Waals surface area contributed by atoms with E-state index in [1.807, 2.05) is 0 Å². The number of hydrogen-bond donors (Lipinski definition) is 0. The van der Waals surface area contributed by atoms with E-state index in [0.717, 1.165) is 49.0 Å². The van der Waals surface area contributed by atoms with Crippen molar-refractivity contribution < 1.29 is 0 Å². The number of hydrogen-bond acceptors (Lipinski definition) is 0. The minimum atomic E-state index is 1.11. The Morgan fingerprint density at radius 1 is 1.10 bits per heavy atom. The Balaban J connectivity index is 0. The first-order valence-electron chi connectivity index (χ1n) is 4.83. The quantitative estimate of drug-likeness (QED) is 0.555. The summed E-state index contributed by atoms with van der Waals surface area (Å²) in [6.45, 7) is 4.45. The van der Waals surface area contributed by atoms with Gasteiger partial charge >= 0.3 is 112 Å². The summed E-state index contributed by atoms with van der Waals surface area (Å²) in [5.74, 6) is 0. The second-order valence-electron chi connectivity index (χ2n) is 2.71. The molecule has 0 atom stereocenters. The molecule has 0 bridgehead atoms. The summed E-state index contributed by atoms with van der Waals surface area (Å²) in [5, 5.41) is 1.34. The molecular weight excluding hydrogens is 142 g/mol. The van der Waals surface area contributed by atoms with Crippen molar-refractivity contribution in [2.24, 2.45) is 0 Å². The van der Waals surface area contributed by atoms with Crippen LogP contribution in [0.3, 0.4) is 0 Å². The van der Waals surface area contributed by atoms with Gasteiger partial charge in [-0.05, 0) is 0 Å². The Morgan fingerprint density at radius 3 is 1.60 bits per heavy atom. The first kappa shape index (κ1) is 14.7. The Kier molecular flexibility index (Phi) is 25.6. The molecule has 0 nitrogen and oxygen atoms in total. The van der Waals surface area contributed by atoms with Crippen LogP contribution in [0.15, 0.2) is 0 Å². The fourth-order valence-electron chi connectivity index (χ4n) is 0.707. The first-order valence-corrected chi connectivity index (χ1v) is 7.04. The van der Waals surface area contributed by atoms with Gasteiger partial charge in [-0.15, -0.1) is 0 Å². The Morgan fingerprint density at radius 2 is 1.60 bits per heavy atom. The van der Waals surface area contributed by atoms with Crippen LogP contribution in [-0.2, 0) is 0 Å². The topological polar surface area (TPSA) is 0 Å². The van der Waals surface area contributed by atoms with Crippen molar-refractivity contribution in [3.8, 4) is 0 Å². The van der Waals surface area contributed by atoms with Crippen molar-refractivity contribution in [2.45, 2.75) is 45.1 Å². The Hall–Kier alpha value is 2.23. The van der Waals surface area contributed by atoms with Crippen molar-refractivity contribution >= 4 is 66.7 Å². The SMILES string of the molecule is CCC[CH2][K].[Li][CH2]CCC. The summed E-state index contributed by atoms with van der Waals surface area (Å²) in [5.41, 5.74) is 0. The van der Waals surface area contributed by atoms with Crippen molar-refractivity contribution in [3.63, 3.8) is 0 Å². The second kappa shape index (κ2) is 17.4. The summed E-state index contributed by atoms with van der Waals surface area (Å²) in [6, 6.07) is 0. The van der Waals surface area contributed by atoms with E-state index in [2.05, 4.69) is 31.6 Å². The zero-order valence-electron chi connectivity index (χ0n) is 8.24. The van der Waals surface area contributed by atoms with Crippen LogP contribution in [0.4, 0.5) is 0 Å². The van der Waals surface area contributed by atoms with Gasteiger partial charge in [-0.2, -0.15) is 0 Å². The van der Waals surface area contributed by atoms with Crippen LogP contribution < -0.4 is 0 Å². The van der Waals surface area contributed by atoms with E-state index in [1.165, 1.54) is 31.3 Å². The standard InChI is InChI=1S/2C4H9.K.Li/c2*1-3-4-2;;/h2*1,3-4H2,2H3;;. The van der Waals surface area contributed by atoms with Gasteiger partial charge in [-0.1, -0.05) is 0 Å². The maximum atomic E-state index is 2.24. The third kappa shape index (κ3) is 22.5. The molecule has 0 aromatic rings. The molecule has 0 radical (unpaired) electrons. The van der Waals surface area contributed by atoms with E-state index in [-0.39, 0.29) is 0 Å². The van der Waals surface area contributed by atoms with Gasteiger partial charge in [0.05, 0.1) is 0 Å². The summed E-state index contributed by atoms with van der Waals surface area (Å²) in [6.07, 6.45) is 5.60. The van der Waals surface area contributed by atoms with Crippen LogP contribution in [0, 0.1) is 0 Å². The van der Waals surface area contributed by atoms with E-state index in [1.54, 1.807) is 0 Å². The van der Waals surface area contributed by atoms with E-state index in [0.29, 0.717) is 0 Å². The first-order chi connectivity index (χ1) is 4.83. The molecule has 0 heterocycles. The van der Waals surface area contributed by atoms with Crippen LogP contribution in [0.25, 0.3) is 0 Å². The van der Waals surface area contributed by atoms with Crippen LogP contribution in [0.5, 0.6) is 0 Å². The zero-order chi connectivity index (χ0) is 8.24. The molecule has 2 heteroatoms. The van der Waals surface area contributed by atoms with Crippen molar-refractivity contribution in [2.75, 3.05) is 0 Å². The molecule has 0 aliphatic carbocycles. The molecule has 0 unspecified atom stereocenters. The third-order valence-electron chi connectivity index (χ3n) is 1.41. The molecule has 0 N–H and O–H groups in total.